The highest BCUT2D eigenvalue weighted by molar-refractivity contribution is 7.98. The molecule has 0 radical (unpaired) electrons. The predicted molar refractivity (Wildman–Crippen MR) is 112 cm³/mol. The minimum absolute atomic E-state index is 0.0270. The van der Waals surface area contributed by atoms with E-state index in [9.17, 15) is 14.7 Å². The van der Waals surface area contributed by atoms with Crippen molar-refractivity contribution in [1.29, 1.82) is 0 Å². The molecule has 8 heteroatoms. The van der Waals surface area contributed by atoms with Gasteiger partial charge in [-0.2, -0.15) is 0 Å². The number of rotatable bonds is 6. The molecule has 2 heterocycles. The number of nitrogens with one attached hydrogen (secondary N) is 2. The lowest BCUT2D eigenvalue weighted by Crippen LogP contribution is -2.37. The molecule has 3 N–H and O–H groups in total. The minimum Gasteiger partial charge on any atom is -0.386 e. The fraction of sp³-hybridized carbons (Fsp3) is 0.158. The molecule has 2 aromatic heterocycles. The molecule has 140 valence electrons. The maximum Gasteiger partial charge on any atom is 0.313 e. The van der Waals surface area contributed by atoms with Crippen LogP contribution in [0.3, 0.4) is 0 Å². The Morgan fingerprint density at radius 1 is 1.07 bits per heavy atom. The Morgan fingerprint density at radius 2 is 1.89 bits per heavy atom. The van der Waals surface area contributed by atoms with E-state index in [1.54, 1.807) is 23.5 Å². The van der Waals surface area contributed by atoms with E-state index in [0.717, 1.165) is 19.5 Å². The van der Waals surface area contributed by atoms with E-state index in [1.165, 1.54) is 23.1 Å². The van der Waals surface area contributed by atoms with E-state index in [0.29, 0.717) is 5.69 Å². The van der Waals surface area contributed by atoms with Crippen LogP contribution in [-0.4, -0.2) is 29.7 Å². The normalized spacial score (nSPS) is 11.8. The third kappa shape index (κ3) is 4.98. The third-order valence-corrected chi connectivity index (χ3v) is 6.78. The van der Waals surface area contributed by atoms with Crippen LogP contribution in [0.25, 0.3) is 9.75 Å². The topological polar surface area (TPSA) is 78.4 Å². The lowest BCUT2D eigenvalue weighted by Gasteiger charge is -2.11. The smallest absolute Gasteiger partial charge is 0.313 e. The van der Waals surface area contributed by atoms with Crippen LogP contribution < -0.4 is 10.6 Å². The summed E-state index contributed by atoms with van der Waals surface area (Å²) in [5, 5.41) is 17.4. The molecule has 2 amide bonds. The first-order valence-electron chi connectivity index (χ1n) is 8.12. The first-order chi connectivity index (χ1) is 13.1. The number of benzene rings is 1. The Labute approximate surface area is 169 Å². The number of hydrogen-bond donors (Lipinski definition) is 3. The average molecular weight is 419 g/mol. The van der Waals surface area contributed by atoms with Gasteiger partial charge in [0.1, 0.15) is 6.10 Å². The molecule has 5 nitrogen and oxygen atoms in total. The van der Waals surface area contributed by atoms with Gasteiger partial charge in [-0.25, -0.2) is 0 Å². The monoisotopic (exact) mass is 418 g/mol. The summed E-state index contributed by atoms with van der Waals surface area (Å²) in [6.45, 7) is -0.0270. The van der Waals surface area contributed by atoms with Crippen molar-refractivity contribution >= 4 is 51.9 Å². The van der Waals surface area contributed by atoms with Gasteiger partial charge in [-0.3, -0.25) is 9.59 Å². The summed E-state index contributed by atoms with van der Waals surface area (Å²) in [5.74, 6) is -1.53. The first kappa shape index (κ1) is 19.6. The molecule has 1 aromatic carbocycles. The van der Waals surface area contributed by atoms with Gasteiger partial charge in [0.2, 0.25) is 0 Å². The van der Waals surface area contributed by atoms with Gasteiger partial charge in [-0.15, -0.1) is 34.4 Å². The number of carbonyl (C=O) groups is 2. The van der Waals surface area contributed by atoms with E-state index in [2.05, 4.69) is 10.6 Å². The molecule has 0 bridgehead atoms. The molecule has 0 aliphatic rings. The lowest BCUT2D eigenvalue weighted by molar-refractivity contribution is -0.136. The van der Waals surface area contributed by atoms with Crippen molar-refractivity contribution in [2.75, 3.05) is 18.1 Å². The molecule has 27 heavy (non-hydrogen) atoms. The van der Waals surface area contributed by atoms with Gasteiger partial charge in [0.05, 0.1) is 5.69 Å². The zero-order valence-corrected chi connectivity index (χ0v) is 16.9. The van der Waals surface area contributed by atoms with Crippen LogP contribution in [0.4, 0.5) is 5.69 Å². The summed E-state index contributed by atoms with van der Waals surface area (Å²) < 4.78 is 0. The molecular formula is C19H18N2O3S3. The van der Waals surface area contributed by atoms with E-state index in [1.807, 2.05) is 48.0 Å². The minimum atomic E-state index is -0.862. The fourth-order valence-corrected chi connectivity index (χ4v) is 4.76. The van der Waals surface area contributed by atoms with Crippen molar-refractivity contribution in [2.45, 2.75) is 11.0 Å². The molecule has 0 saturated heterocycles. The largest absolute Gasteiger partial charge is 0.386 e. The molecule has 0 aliphatic carbocycles. The number of anilines is 1. The fourth-order valence-electron chi connectivity index (χ4n) is 2.38. The number of aliphatic hydroxyl groups is 1. The number of thioether (sulfide) groups is 1. The van der Waals surface area contributed by atoms with Gasteiger partial charge in [0, 0.05) is 26.1 Å². The summed E-state index contributed by atoms with van der Waals surface area (Å²) in [5.41, 5.74) is 0.588. The van der Waals surface area contributed by atoms with Crippen molar-refractivity contribution in [1.82, 2.24) is 5.32 Å². The van der Waals surface area contributed by atoms with E-state index in [4.69, 9.17) is 0 Å². The maximum atomic E-state index is 12.1. The standard InChI is InChI=1S/C19H18N2O3S3/c1-25-14-6-3-2-5-12(14)21-19(24)18(23)20-11-13(22)15-8-9-17(27-15)16-7-4-10-26-16/h2-10,13,22H,11H2,1H3,(H,20,23)(H,21,24)/t13-/m1/s1. The van der Waals surface area contributed by atoms with Crippen molar-refractivity contribution in [2.24, 2.45) is 0 Å². The van der Waals surface area contributed by atoms with Crippen molar-refractivity contribution in [3.63, 3.8) is 0 Å². The first-order valence-corrected chi connectivity index (χ1v) is 11.0. The second-order valence-electron chi connectivity index (χ2n) is 5.56. The van der Waals surface area contributed by atoms with E-state index < -0.39 is 17.9 Å². The second kappa shape index (κ2) is 9.18. The Morgan fingerprint density at radius 3 is 2.63 bits per heavy atom. The molecule has 0 saturated carbocycles. The van der Waals surface area contributed by atoms with E-state index >= 15 is 0 Å². The number of thiophene rings is 2. The molecule has 0 unspecified atom stereocenters. The molecular weight excluding hydrogens is 400 g/mol. The number of carbonyl (C=O) groups excluding carboxylic acids is 2. The average Bonchev–Trinajstić information content (AvgIpc) is 3.37. The third-order valence-electron chi connectivity index (χ3n) is 3.74. The molecule has 3 aromatic rings. The highest BCUT2D eigenvalue weighted by atomic mass is 32.2. The predicted octanol–water partition coefficient (Wildman–Crippen LogP) is 3.99. The number of hydrogen-bond acceptors (Lipinski definition) is 6. The van der Waals surface area contributed by atoms with Crippen LogP contribution in [0.5, 0.6) is 0 Å². The SMILES string of the molecule is CSc1ccccc1NC(=O)C(=O)NC[C@@H](O)c1ccc(-c2cccs2)s1. The summed E-state index contributed by atoms with van der Waals surface area (Å²) in [6.07, 6.45) is 1.03. The van der Waals surface area contributed by atoms with Crippen LogP contribution in [0, 0.1) is 0 Å². The van der Waals surface area contributed by atoms with Gasteiger partial charge in [-0.1, -0.05) is 18.2 Å². The molecule has 0 fully saturated rings. The number of aliphatic hydroxyl groups excluding tert-OH is 1. The van der Waals surface area contributed by atoms with Gasteiger partial charge in [0.25, 0.3) is 0 Å². The second-order valence-corrected chi connectivity index (χ2v) is 8.47. The van der Waals surface area contributed by atoms with Crippen molar-refractivity contribution in [3.8, 4) is 9.75 Å². The van der Waals surface area contributed by atoms with Crippen LogP contribution >= 0.6 is 34.4 Å². The molecule has 0 aliphatic heterocycles. The maximum absolute atomic E-state index is 12.1. The lowest BCUT2D eigenvalue weighted by atomic mass is 10.2. The van der Waals surface area contributed by atoms with Gasteiger partial charge in [-0.05, 0) is 42.0 Å². The van der Waals surface area contributed by atoms with Crippen LogP contribution in [0.2, 0.25) is 0 Å². The van der Waals surface area contributed by atoms with Crippen molar-refractivity contribution in [3.05, 3.63) is 58.8 Å². The highest BCUT2D eigenvalue weighted by Gasteiger charge is 2.18. The number of amides is 2. The van der Waals surface area contributed by atoms with Crippen molar-refractivity contribution < 1.29 is 14.7 Å². The molecule has 1 atom stereocenters. The summed E-state index contributed by atoms with van der Waals surface area (Å²) in [6, 6.07) is 15.0. The number of para-hydroxylation sites is 1. The summed E-state index contributed by atoms with van der Waals surface area (Å²) >= 11 is 4.59. The summed E-state index contributed by atoms with van der Waals surface area (Å²) in [7, 11) is 0. The Kier molecular flexibility index (Phi) is 6.68. The Hall–Kier alpha value is -2.13. The summed E-state index contributed by atoms with van der Waals surface area (Å²) in [4.78, 5) is 27.9. The van der Waals surface area contributed by atoms with Gasteiger partial charge >= 0.3 is 11.8 Å². The van der Waals surface area contributed by atoms with Gasteiger partial charge in [0.15, 0.2) is 0 Å². The quantitative estimate of drug-likeness (QED) is 0.418. The Bertz CT molecular complexity index is 922. The Balaban J connectivity index is 1.54. The van der Waals surface area contributed by atoms with E-state index in [-0.39, 0.29) is 6.54 Å². The zero-order valence-electron chi connectivity index (χ0n) is 14.5. The molecule has 0 spiro atoms. The molecule has 3 rings (SSSR count). The van der Waals surface area contributed by atoms with Crippen LogP contribution in [-0.2, 0) is 9.59 Å². The highest BCUT2D eigenvalue weighted by Crippen LogP contribution is 2.33. The van der Waals surface area contributed by atoms with Gasteiger partial charge < -0.3 is 15.7 Å². The zero-order chi connectivity index (χ0) is 19.2. The van der Waals surface area contributed by atoms with Crippen LogP contribution in [0.1, 0.15) is 11.0 Å². The van der Waals surface area contributed by atoms with Crippen LogP contribution in [0.15, 0.2) is 58.8 Å².